The highest BCUT2D eigenvalue weighted by Crippen LogP contribution is 2.47. The van der Waals surface area contributed by atoms with Crippen LogP contribution in [0.25, 0.3) is 0 Å². The van der Waals surface area contributed by atoms with E-state index < -0.39 is 42.2 Å². The maximum atomic E-state index is 13.6. The number of amides is 1. The van der Waals surface area contributed by atoms with E-state index in [0.29, 0.717) is 47.8 Å². The first-order valence-electron chi connectivity index (χ1n) is 12.4. The lowest BCUT2D eigenvalue weighted by atomic mass is 9.89. The Morgan fingerprint density at radius 3 is 2.07 bits per heavy atom. The number of hydrogen-bond donors (Lipinski definition) is 0. The SMILES string of the molecule is COC(=O)N(Cc1cc(C(F)(F)F)cc(C(F)(F)F)c1)[C@H]1C[C@@H](C)N(Cc2ccsc2)c2cc(OC)c(OC)cc21. The lowest BCUT2D eigenvalue weighted by Crippen LogP contribution is -2.44. The number of anilines is 1. The molecule has 3 aromatic rings. The molecule has 6 nitrogen and oxygen atoms in total. The molecular formula is C28H28F6N2O4S. The monoisotopic (exact) mass is 602 g/mol. The number of halogens is 6. The van der Waals surface area contributed by atoms with Gasteiger partial charge >= 0.3 is 18.4 Å². The molecule has 41 heavy (non-hydrogen) atoms. The second-order valence-corrected chi connectivity index (χ2v) is 10.4. The second kappa shape index (κ2) is 11.7. The first-order valence-corrected chi connectivity index (χ1v) is 13.4. The fourth-order valence-electron chi connectivity index (χ4n) is 5.06. The van der Waals surface area contributed by atoms with Crippen molar-refractivity contribution in [2.24, 2.45) is 0 Å². The van der Waals surface area contributed by atoms with Gasteiger partial charge in [-0.1, -0.05) is 0 Å². The van der Waals surface area contributed by atoms with Gasteiger partial charge in [0, 0.05) is 36.4 Å². The van der Waals surface area contributed by atoms with Crippen LogP contribution in [0.4, 0.5) is 36.8 Å². The molecule has 0 radical (unpaired) electrons. The van der Waals surface area contributed by atoms with Crippen molar-refractivity contribution in [1.82, 2.24) is 4.90 Å². The third-order valence-electron chi connectivity index (χ3n) is 7.02. The number of thiophene rings is 1. The summed E-state index contributed by atoms with van der Waals surface area (Å²) in [5, 5.41) is 3.96. The number of carbonyl (C=O) groups is 1. The molecular weight excluding hydrogens is 574 g/mol. The summed E-state index contributed by atoms with van der Waals surface area (Å²) in [4.78, 5) is 16.4. The number of alkyl halides is 6. The summed E-state index contributed by atoms with van der Waals surface area (Å²) in [7, 11) is 4.02. The molecule has 0 saturated carbocycles. The van der Waals surface area contributed by atoms with Gasteiger partial charge in [0.2, 0.25) is 0 Å². The van der Waals surface area contributed by atoms with Crippen LogP contribution >= 0.6 is 11.3 Å². The average Bonchev–Trinajstić information content (AvgIpc) is 3.44. The number of rotatable bonds is 7. The molecule has 222 valence electrons. The molecule has 2 atom stereocenters. The Bertz CT molecular complexity index is 1340. The van der Waals surface area contributed by atoms with E-state index in [4.69, 9.17) is 14.2 Å². The summed E-state index contributed by atoms with van der Waals surface area (Å²) in [5.41, 5.74) is -0.936. The number of nitrogens with zero attached hydrogens (tertiary/aromatic N) is 2. The molecule has 1 aliphatic rings. The molecule has 0 unspecified atom stereocenters. The maximum Gasteiger partial charge on any atom is 0.416 e. The van der Waals surface area contributed by atoms with Crippen molar-refractivity contribution in [3.05, 3.63) is 75.0 Å². The van der Waals surface area contributed by atoms with E-state index in [1.54, 1.807) is 23.5 Å². The Hall–Kier alpha value is -3.61. The van der Waals surface area contributed by atoms with Gasteiger partial charge in [-0.2, -0.15) is 37.7 Å². The zero-order chi connectivity index (χ0) is 30.1. The van der Waals surface area contributed by atoms with Gasteiger partial charge in [0.05, 0.1) is 38.5 Å². The van der Waals surface area contributed by atoms with Crippen LogP contribution in [-0.2, 0) is 30.2 Å². The van der Waals surface area contributed by atoms with Crippen LogP contribution in [-0.4, -0.2) is 38.4 Å². The predicted molar refractivity (Wildman–Crippen MR) is 141 cm³/mol. The van der Waals surface area contributed by atoms with Gasteiger partial charge in [-0.15, -0.1) is 0 Å². The average molecular weight is 603 g/mol. The molecule has 0 spiro atoms. The van der Waals surface area contributed by atoms with Gasteiger partial charge in [0.1, 0.15) is 0 Å². The van der Waals surface area contributed by atoms with E-state index in [-0.39, 0.29) is 17.7 Å². The lowest BCUT2D eigenvalue weighted by Gasteiger charge is -2.44. The molecule has 0 bridgehead atoms. The Morgan fingerprint density at radius 2 is 1.56 bits per heavy atom. The molecule has 1 aromatic heterocycles. The minimum absolute atomic E-state index is 0.0590. The Morgan fingerprint density at radius 1 is 0.951 bits per heavy atom. The van der Waals surface area contributed by atoms with Gasteiger partial charge in [0.25, 0.3) is 0 Å². The maximum absolute atomic E-state index is 13.6. The van der Waals surface area contributed by atoms with Gasteiger partial charge in [-0.25, -0.2) is 4.79 Å². The molecule has 13 heteroatoms. The van der Waals surface area contributed by atoms with Gasteiger partial charge in [-0.3, -0.25) is 4.90 Å². The summed E-state index contributed by atoms with van der Waals surface area (Å²) >= 11 is 1.54. The Labute approximate surface area is 237 Å². The first-order chi connectivity index (χ1) is 19.3. The predicted octanol–water partition coefficient (Wildman–Crippen LogP) is 7.91. The third kappa shape index (κ3) is 6.50. The van der Waals surface area contributed by atoms with Crippen molar-refractivity contribution in [3.8, 4) is 11.5 Å². The molecule has 2 aromatic carbocycles. The Kier molecular flexibility index (Phi) is 8.67. The van der Waals surface area contributed by atoms with E-state index in [0.717, 1.165) is 17.6 Å². The van der Waals surface area contributed by atoms with E-state index in [2.05, 4.69) is 4.90 Å². The fourth-order valence-corrected chi connectivity index (χ4v) is 5.72. The summed E-state index contributed by atoms with van der Waals surface area (Å²) in [6.45, 7) is 1.90. The van der Waals surface area contributed by atoms with Gasteiger partial charge in [-0.05, 0) is 65.6 Å². The fraction of sp³-hybridized carbons (Fsp3) is 0.393. The van der Waals surface area contributed by atoms with Crippen LogP contribution in [0.2, 0.25) is 0 Å². The van der Waals surface area contributed by atoms with Crippen LogP contribution in [0, 0.1) is 0 Å². The smallest absolute Gasteiger partial charge is 0.416 e. The summed E-state index contributed by atoms with van der Waals surface area (Å²) in [6.07, 6.45) is -10.6. The van der Waals surface area contributed by atoms with Crippen molar-refractivity contribution in [3.63, 3.8) is 0 Å². The molecule has 4 rings (SSSR count). The number of carbonyl (C=O) groups excluding carboxylic acids is 1. The zero-order valence-corrected chi connectivity index (χ0v) is 23.4. The topological polar surface area (TPSA) is 51.2 Å². The largest absolute Gasteiger partial charge is 0.493 e. The van der Waals surface area contributed by atoms with Gasteiger partial charge in [0.15, 0.2) is 11.5 Å². The van der Waals surface area contributed by atoms with Crippen molar-refractivity contribution < 1.29 is 45.3 Å². The summed E-state index contributed by atoms with van der Waals surface area (Å²) in [6, 6.07) is 5.75. The number of benzene rings is 2. The van der Waals surface area contributed by atoms with Crippen LogP contribution in [0.5, 0.6) is 11.5 Å². The standard InChI is InChI=1S/C28H28F6N2O4S/c1-16-7-22(21-11-24(38-2)25(39-3)12-23(21)35(16)13-17-5-6-41-15-17)36(26(37)40-4)14-18-8-19(27(29,30)31)10-20(9-18)28(32,33)34/h5-6,8-12,15-16,22H,7,13-14H2,1-4H3/t16-,22+/m1/s1. The van der Waals surface area contributed by atoms with Crippen LogP contribution in [0.15, 0.2) is 47.2 Å². The zero-order valence-electron chi connectivity index (χ0n) is 22.6. The van der Waals surface area contributed by atoms with Crippen LogP contribution in [0.3, 0.4) is 0 Å². The summed E-state index contributed by atoms with van der Waals surface area (Å²) < 4.78 is 97.3. The van der Waals surface area contributed by atoms with E-state index in [1.165, 1.54) is 14.2 Å². The quantitative estimate of drug-likeness (QED) is 0.257. The second-order valence-electron chi connectivity index (χ2n) is 9.64. The molecule has 1 aliphatic heterocycles. The van der Waals surface area contributed by atoms with E-state index in [1.807, 2.05) is 23.8 Å². The van der Waals surface area contributed by atoms with Crippen molar-refractivity contribution in [1.29, 1.82) is 0 Å². The van der Waals surface area contributed by atoms with E-state index in [9.17, 15) is 31.1 Å². The van der Waals surface area contributed by atoms with Crippen molar-refractivity contribution in [2.45, 2.75) is 50.9 Å². The summed E-state index contributed by atoms with van der Waals surface area (Å²) in [5.74, 6) is 0.774. The van der Waals surface area contributed by atoms with Crippen LogP contribution in [0.1, 0.15) is 47.2 Å². The number of methoxy groups -OCH3 is 3. The number of fused-ring (bicyclic) bond motifs is 1. The third-order valence-corrected chi connectivity index (χ3v) is 7.75. The molecule has 2 heterocycles. The van der Waals surface area contributed by atoms with Crippen molar-refractivity contribution >= 4 is 23.1 Å². The van der Waals surface area contributed by atoms with E-state index >= 15 is 0 Å². The normalized spacial score (nSPS) is 17.2. The molecule has 1 amide bonds. The Balaban J connectivity index is 1.84. The molecule has 0 saturated heterocycles. The highest BCUT2D eigenvalue weighted by atomic mass is 32.1. The first kappa shape index (κ1) is 30.4. The highest BCUT2D eigenvalue weighted by molar-refractivity contribution is 7.07. The van der Waals surface area contributed by atoms with Crippen molar-refractivity contribution in [2.75, 3.05) is 26.2 Å². The molecule has 0 fully saturated rings. The highest BCUT2D eigenvalue weighted by Gasteiger charge is 2.40. The molecule has 0 aliphatic carbocycles. The number of hydrogen-bond acceptors (Lipinski definition) is 6. The number of ether oxygens (including phenoxy) is 3. The minimum atomic E-state index is -5.02. The lowest BCUT2D eigenvalue weighted by molar-refractivity contribution is -0.143. The molecule has 0 N–H and O–H groups in total. The minimum Gasteiger partial charge on any atom is -0.493 e. The van der Waals surface area contributed by atoms with Crippen LogP contribution < -0.4 is 14.4 Å². The van der Waals surface area contributed by atoms with Gasteiger partial charge < -0.3 is 19.1 Å².